The average molecular weight is 756 g/mol. The summed E-state index contributed by atoms with van der Waals surface area (Å²) in [5.74, 6) is -4.07. The maximum atomic E-state index is 14.1. The summed E-state index contributed by atoms with van der Waals surface area (Å²) in [7, 11) is 0. The lowest BCUT2D eigenvalue weighted by Crippen LogP contribution is -2.58. The predicted molar refractivity (Wildman–Crippen MR) is 185 cm³/mol. The molecule has 53 heavy (non-hydrogen) atoms. The van der Waals surface area contributed by atoms with Crippen molar-refractivity contribution in [3.63, 3.8) is 0 Å². The Balaban J connectivity index is 2.02. The quantitative estimate of drug-likeness (QED) is 0.0637. The number of alkyl carbamates (subject to hydrolysis) is 1. The second-order valence-electron chi connectivity index (χ2n) is 12.7. The number of carboxylic acid groups (broad SMARTS) is 1. The van der Waals surface area contributed by atoms with Crippen molar-refractivity contribution >= 4 is 47.4 Å². The predicted octanol–water partition coefficient (Wildman–Crippen LogP) is 2.68. The molecule has 0 fully saturated rings. The van der Waals surface area contributed by atoms with Crippen molar-refractivity contribution in [3.8, 4) is 0 Å². The third-order valence-electron chi connectivity index (χ3n) is 8.03. The van der Waals surface area contributed by atoms with Gasteiger partial charge in [0.05, 0.1) is 6.04 Å². The topological polar surface area (TPSA) is 238 Å². The van der Waals surface area contributed by atoms with Crippen molar-refractivity contribution in [1.82, 2.24) is 26.2 Å². The van der Waals surface area contributed by atoms with E-state index < -0.39 is 71.9 Å². The molecular formula is C34H48F3N7O9. The Morgan fingerprint density at radius 1 is 0.868 bits per heavy atom. The molecule has 1 unspecified atom stereocenters. The van der Waals surface area contributed by atoms with Gasteiger partial charge in [-0.05, 0) is 55.7 Å². The standard InChI is InChI=1S/C34H48F3N7O9/c1-21(2)29(43-25(34(35,36)37)9-4-3-5-19-44-26(45)15-16-27(44)46)31(50)42-24(8-6-17-39-32(38)51)30(49)41-23-13-11-22(12-14-23)20-53-33(52)40-18-7-10-28(47)48/h11-16,21,24-25,29,43H,3-10,17-20H2,1-2H3,(H,40,52)(H,41,49)(H,42,50)(H,47,48)(H3,38,39,51)/t24-,25-,29?/m0/s1. The molecule has 16 nitrogen and oxygen atoms in total. The first-order chi connectivity index (χ1) is 25.0. The molecule has 1 aromatic carbocycles. The fraction of sp³-hybridized carbons (Fsp3) is 0.559. The number of aliphatic carboxylic acids is 1. The highest BCUT2D eigenvalue weighted by Gasteiger charge is 2.42. The smallest absolute Gasteiger partial charge is 0.407 e. The Morgan fingerprint density at radius 2 is 1.51 bits per heavy atom. The number of carbonyl (C=O) groups is 7. The zero-order chi connectivity index (χ0) is 39.6. The summed E-state index contributed by atoms with van der Waals surface area (Å²) >= 11 is 0. The number of halogens is 3. The molecule has 294 valence electrons. The number of anilines is 1. The van der Waals surface area contributed by atoms with Crippen molar-refractivity contribution in [1.29, 1.82) is 0 Å². The minimum Gasteiger partial charge on any atom is -0.481 e. The Morgan fingerprint density at radius 3 is 2.09 bits per heavy atom. The largest absolute Gasteiger partial charge is 0.481 e. The van der Waals surface area contributed by atoms with Gasteiger partial charge in [0.15, 0.2) is 0 Å². The molecule has 0 spiro atoms. The first-order valence-electron chi connectivity index (χ1n) is 17.2. The van der Waals surface area contributed by atoms with E-state index in [0.717, 1.165) is 17.1 Å². The van der Waals surface area contributed by atoms with E-state index in [1.165, 1.54) is 12.1 Å². The molecule has 8 N–H and O–H groups in total. The van der Waals surface area contributed by atoms with Gasteiger partial charge in [-0.1, -0.05) is 38.8 Å². The highest BCUT2D eigenvalue weighted by Crippen LogP contribution is 2.26. The fourth-order valence-corrected chi connectivity index (χ4v) is 5.17. The molecule has 0 bridgehead atoms. The van der Waals surface area contributed by atoms with E-state index >= 15 is 0 Å². The number of imide groups is 1. The Labute approximate surface area is 304 Å². The van der Waals surface area contributed by atoms with E-state index in [9.17, 15) is 46.7 Å². The number of urea groups is 1. The number of benzene rings is 1. The number of nitrogens with one attached hydrogen (secondary N) is 5. The van der Waals surface area contributed by atoms with E-state index in [2.05, 4.69) is 26.6 Å². The first-order valence-corrected chi connectivity index (χ1v) is 17.2. The van der Waals surface area contributed by atoms with Crippen molar-refractivity contribution in [2.75, 3.05) is 25.0 Å². The first kappa shape index (κ1) is 44.0. The maximum Gasteiger partial charge on any atom is 0.407 e. The second kappa shape index (κ2) is 22.0. The lowest BCUT2D eigenvalue weighted by atomic mass is 9.99. The van der Waals surface area contributed by atoms with E-state index in [1.807, 2.05) is 0 Å². The van der Waals surface area contributed by atoms with Crippen LogP contribution in [0, 0.1) is 5.92 Å². The third kappa shape index (κ3) is 16.8. The number of amides is 7. The summed E-state index contributed by atoms with van der Waals surface area (Å²) in [6.07, 6.45) is -2.55. The number of nitrogens with two attached hydrogens (primary N) is 1. The van der Waals surface area contributed by atoms with Gasteiger partial charge in [-0.15, -0.1) is 0 Å². The summed E-state index contributed by atoms with van der Waals surface area (Å²) in [4.78, 5) is 84.7. The van der Waals surface area contributed by atoms with Crippen molar-refractivity contribution in [2.24, 2.45) is 11.7 Å². The van der Waals surface area contributed by atoms with Gasteiger partial charge in [-0.25, -0.2) is 9.59 Å². The van der Waals surface area contributed by atoms with Crippen LogP contribution in [0.4, 0.5) is 28.4 Å². The minimum absolute atomic E-state index is 0.00356. The van der Waals surface area contributed by atoms with Crippen molar-refractivity contribution in [2.45, 2.75) is 96.1 Å². The number of nitrogens with zero attached hydrogens (tertiary/aromatic N) is 1. The highest BCUT2D eigenvalue weighted by atomic mass is 19.4. The minimum atomic E-state index is -4.71. The van der Waals surface area contributed by atoms with Gasteiger partial charge in [0.25, 0.3) is 11.8 Å². The van der Waals surface area contributed by atoms with Crippen molar-refractivity contribution < 1.29 is 56.6 Å². The zero-order valence-electron chi connectivity index (χ0n) is 29.6. The lowest BCUT2D eigenvalue weighted by molar-refractivity contribution is -0.161. The number of rotatable bonds is 23. The molecule has 0 aromatic heterocycles. The van der Waals surface area contributed by atoms with Crippen LogP contribution in [0.25, 0.3) is 0 Å². The summed E-state index contributed by atoms with van der Waals surface area (Å²) in [6.45, 7) is 3.27. The van der Waals surface area contributed by atoms with E-state index in [-0.39, 0.29) is 64.8 Å². The van der Waals surface area contributed by atoms with Crippen LogP contribution < -0.4 is 32.3 Å². The molecule has 2 rings (SSSR count). The summed E-state index contributed by atoms with van der Waals surface area (Å²) in [5.41, 5.74) is 5.97. The monoisotopic (exact) mass is 755 g/mol. The molecule has 1 aliphatic rings. The van der Waals surface area contributed by atoms with Crippen LogP contribution in [0.2, 0.25) is 0 Å². The van der Waals surface area contributed by atoms with Crippen LogP contribution in [-0.2, 0) is 35.3 Å². The van der Waals surface area contributed by atoms with E-state index in [0.29, 0.717) is 24.1 Å². The molecule has 0 aliphatic carbocycles. The summed E-state index contributed by atoms with van der Waals surface area (Å²) in [6, 6.07) is 0.732. The number of ether oxygens (including phenoxy) is 1. The van der Waals surface area contributed by atoms with Gasteiger partial charge >= 0.3 is 24.3 Å². The van der Waals surface area contributed by atoms with Gasteiger partial charge < -0.3 is 36.8 Å². The SMILES string of the molecule is CC(C)C(N[C@@H](CCCCCN1C(=O)C=CC1=O)C(F)(F)F)C(=O)N[C@@H](CCCNC(N)=O)C(=O)Nc1ccc(COC(=O)NCCCC(=O)O)cc1. The number of carboxylic acids is 1. The number of carbonyl (C=O) groups excluding carboxylic acids is 6. The van der Waals surface area contributed by atoms with Crippen LogP contribution in [0.1, 0.15) is 70.8 Å². The van der Waals surface area contributed by atoms with Crippen LogP contribution in [0.3, 0.4) is 0 Å². The summed E-state index contributed by atoms with van der Waals surface area (Å²) < 4.78 is 47.4. The Hall–Kier alpha value is -5.20. The van der Waals surface area contributed by atoms with Crippen molar-refractivity contribution in [3.05, 3.63) is 42.0 Å². The van der Waals surface area contributed by atoms with Crippen LogP contribution >= 0.6 is 0 Å². The molecule has 1 aliphatic heterocycles. The number of hydrogen-bond acceptors (Lipinski definition) is 9. The van der Waals surface area contributed by atoms with Gasteiger partial charge in [0.1, 0.15) is 18.7 Å². The van der Waals surface area contributed by atoms with Gasteiger partial charge in [-0.3, -0.25) is 34.2 Å². The van der Waals surface area contributed by atoms with E-state index in [4.69, 9.17) is 15.6 Å². The molecule has 19 heteroatoms. The van der Waals surface area contributed by atoms with Gasteiger partial charge in [-0.2, -0.15) is 13.2 Å². The Kier molecular flexibility index (Phi) is 18.2. The van der Waals surface area contributed by atoms with Crippen LogP contribution in [0.15, 0.2) is 36.4 Å². The molecule has 1 aromatic rings. The Bertz CT molecular complexity index is 1440. The zero-order valence-corrected chi connectivity index (χ0v) is 29.6. The van der Waals surface area contributed by atoms with Crippen LogP contribution in [-0.4, -0.2) is 95.7 Å². The molecular weight excluding hydrogens is 707 g/mol. The number of primary amides is 1. The molecule has 0 saturated carbocycles. The third-order valence-corrected chi connectivity index (χ3v) is 8.03. The molecule has 7 amide bonds. The molecule has 0 saturated heterocycles. The summed E-state index contributed by atoms with van der Waals surface area (Å²) in [5, 5.41) is 21.1. The van der Waals surface area contributed by atoms with Gasteiger partial charge in [0.2, 0.25) is 11.8 Å². The van der Waals surface area contributed by atoms with Gasteiger partial charge in [0, 0.05) is 43.9 Å². The van der Waals surface area contributed by atoms with E-state index in [1.54, 1.807) is 26.0 Å². The highest BCUT2D eigenvalue weighted by molar-refractivity contribution is 6.12. The molecule has 0 radical (unpaired) electrons. The maximum absolute atomic E-state index is 14.1. The average Bonchev–Trinajstić information content (AvgIpc) is 3.40. The fourth-order valence-electron chi connectivity index (χ4n) is 5.17. The lowest BCUT2D eigenvalue weighted by Gasteiger charge is -2.30. The normalized spacial score (nSPS) is 14.4. The molecule has 3 atom stereocenters. The molecule has 1 heterocycles. The van der Waals surface area contributed by atoms with Crippen LogP contribution in [0.5, 0.6) is 0 Å². The number of hydrogen-bond donors (Lipinski definition) is 7. The number of alkyl halides is 3. The second-order valence-corrected chi connectivity index (χ2v) is 12.7. The number of unbranched alkanes of at least 4 members (excludes halogenated alkanes) is 2.